The van der Waals surface area contributed by atoms with E-state index in [2.05, 4.69) is 163 Å². The molecule has 0 heterocycles. The maximum atomic E-state index is 2.60. The molecule has 0 aliphatic rings. The molecule has 0 atom stereocenters. The van der Waals surface area contributed by atoms with Crippen molar-refractivity contribution < 1.29 is 0 Å². The van der Waals surface area contributed by atoms with Crippen LogP contribution >= 0.6 is 0 Å². The summed E-state index contributed by atoms with van der Waals surface area (Å²) in [7, 11) is 0. The first-order valence-corrected chi connectivity index (χ1v) is 15.3. The van der Waals surface area contributed by atoms with Gasteiger partial charge < -0.3 is 0 Å². The molecule has 0 aliphatic heterocycles. The molecule has 0 saturated heterocycles. The first-order valence-electron chi connectivity index (χ1n) is 15.3. The van der Waals surface area contributed by atoms with Gasteiger partial charge in [0.25, 0.3) is 0 Å². The minimum Gasteiger partial charge on any atom is -0.0582 e. The average Bonchev–Trinajstić information content (AvgIpc) is 2.67. The van der Waals surface area contributed by atoms with E-state index in [0.29, 0.717) is 0 Å². The third-order valence-corrected chi connectivity index (χ3v) is 8.44. The Balaban J connectivity index is 3.34. The minimum absolute atomic E-state index is 0.0102. The highest BCUT2D eigenvalue weighted by Gasteiger charge is 2.43. The molecule has 2 aromatic rings. The molecule has 0 heteroatoms. The summed E-state index contributed by atoms with van der Waals surface area (Å²) >= 11 is 0. The zero-order valence-electron chi connectivity index (χ0n) is 29.8. The van der Waals surface area contributed by atoms with Crippen LogP contribution < -0.4 is 0 Å². The number of hydrogen-bond acceptors (Lipinski definition) is 0. The summed E-state index contributed by atoms with van der Waals surface area (Å²) in [5.41, 5.74) is 12.0. The van der Waals surface area contributed by atoms with E-state index >= 15 is 0 Å². The van der Waals surface area contributed by atoms with Gasteiger partial charge in [-0.3, -0.25) is 0 Å². The first kappa shape index (κ1) is 33.6. The normalized spacial score (nSPS) is 14.7. The van der Waals surface area contributed by atoms with Crippen molar-refractivity contribution in [2.24, 2.45) is 0 Å². The number of benzene rings is 2. The molecule has 0 N–H and O–H groups in total. The zero-order chi connectivity index (χ0) is 30.9. The first-order chi connectivity index (χ1) is 16.9. The van der Waals surface area contributed by atoms with Crippen LogP contribution in [0.25, 0.3) is 0 Å². The molecule has 0 spiro atoms. The Bertz CT molecular complexity index is 1190. The SMILES string of the molecule is CC(C)(C)c1ccc(C(C)(C)c2c(C(C)(C)C)cc(C(C)(C)C)c(C(C)(C)C)c2C(C)(C)C)c(C(C)(C)C)c1. The van der Waals surface area contributed by atoms with Gasteiger partial charge in [-0.2, -0.15) is 0 Å². The van der Waals surface area contributed by atoms with Crippen molar-refractivity contribution in [1.82, 2.24) is 0 Å². The topological polar surface area (TPSA) is 0 Å². The van der Waals surface area contributed by atoms with Crippen molar-refractivity contribution in [2.45, 2.75) is 176 Å². The van der Waals surface area contributed by atoms with Gasteiger partial charge in [0.05, 0.1) is 0 Å². The maximum absolute atomic E-state index is 2.60. The largest absolute Gasteiger partial charge is 0.0582 e. The van der Waals surface area contributed by atoms with E-state index in [9.17, 15) is 0 Å². The van der Waals surface area contributed by atoms with E-state index in [0.717, 1.165) is 0 Å². The van der Waals surface area contributed by atoms with Gasteiger partial charge in [-0.05, 0) is 77.0 Å². The monoisotopic (exact) mass is 533 g/mol. The predicted molar refractivity (Wildman–Crippen MR) is 177 cm³/mol. The Kier molecular flexibility index (Phi) is 8.43. The lowest BCUT2D eigenvalue weighted by molar-refractivity contribution is 0.463. The highest BCUT2D eigenvalue weighted by molar-refractivity contribution is 5.61. The van der Waals surface area contributed by atoms with E-state index in [1.54, 1.807) is 11.1 Å². The molecule has 0 aliphatic carbocycles. The van der Waals surface area contributed by atoms with Crippen LogP contribution in [-0.4, -0.2) is 0 Å². The highest BCUT2D eigenvalue weighted by Crippen LogP contribution is 2.52. The van der Waals surface area contributed by atoms with E-state index < -0.39 is 0 Å². The molecule has 2 rings (SSSR count). The minimum atomic E-state index is -0.180. The summed E-state index contributed by atoms with van der Waals surface area (Å²) in [5.74, 6) is 0. The molecule has 2 aromatic carbocycles. The van der Waals surface area contributed by atoms with Crippen molar-refractivity contribution in [3.63, 3.8) is 0 Å². The molecular weight excluding hydrogens is 468 g/mol. The van der Waals surface area contributed by atoms with Crippen LogP contribution in [0.1, 0.15) is 183 Å². The molecule has 0 saturated carbocycles. The standard InChI is InChI=1S/C39H64/c1-33(2,3)25-21-22-26(27(23-25)34(4,5)6)39(19,20)31-29(36(10,11)12)24-28(35(7,8)9)30(37(13,14)15)32(31)38(16,17)18/h21-24H,1-20H3. The molecule has 0 nitrogen and oxygen atoms in total. The second-order valence-corrected chi connectivity index (χ2v) is 19.0. The molecule has 0 fully saturated rings. The number of hydrogen-bond donors (Lipinski definition) is 0. The van der Waals surface area contributed by atoms with Crippen LogP contribution in [0.3, 0.4) is 0 Å². The molecule has 0 amide bonds. The van der Waals surface area contributed by atoms with Crippen LogP contribution in [0.2, 0.25) is 0 Å². The Morgan fingerprint density at radius 2 is 0.692 bits per heavy atom. The summed E-state index contributed by atoms with van der Waals surface area (Å²) in [5, 5.41) is 0. The van der Waals surface area contributed by atoms with Gasteiger partial charge in [-0.1, -0.05) is 163 Å². The van der Waals surface area contributed by atoms with Crippen molar-refractivity contribution in [1.29, 1.82) is 0 Å². The van der Waals surface area contributed by atoms with Gasteiger partial charge in [0.2, 0.25) is 0 Å². The fourth-order valence-corrected chi connectivity index (χ4v) is 6.36. The third-order valence-electron chi connectivity index (χ3n) is 8.44. The second kappa shape index (κ2) is 9.77. The lowest BCUT2D eigenvalue weighted by Crippen LogP contribution is -2.37. The van der Waals surface area contributed by atoms with Gasteiger partial charge in [-0.25, -0.2) is 0 Å². The maximum Gasteiger partial charge on any atom is 0.0155 e. The van der Waals surface area contributed by atoms with Gasteiger partial charge in [0.1, 0.15) is 0 Å². The van der Waals surface area contributed by atoms with E-state index in [1.165, 1.54) is 33.4 Å². The van der Waals surface area contributed by atoms with Crippen molar-refractivity contribution in [2.75, 3.05) is 0 Å². The van der Waals surface area contributed by atoms with Gasteiger partial charge in [-0.15, -0.1) is 0 Å². The van der Waals surface area contributed by atoms with E-state index in [-0.39, 0.29) is 37.9 Å². The second-order valence-electron chi connectivity index (χ2n) is 19.0. The van der Waals surface area contributed by atoms with Crippen molar-refractivity contribution in [3.8, 4) is 0 Å². The van der Waals surface area contributed by atoms with Gasteiger partial charge in [0.15, 0.2) is 0 Å². The van der Waals surface area contributed by atoms with Crippen LogP contribution in [0.5, 0.6) is 0 Å². The smallest absolute Gasteiger partial charge is 0.0155 e. The lowest BCUT2D eigenvalue weighted by Gasteiger charge is -2.46. The van der Waals surface area contributed by atoms with E-state index in [1.807, 2.05) is 0 Å². The summed E-state index contributed by atoms with van der Waals surface area (Å²) in [4.78, 5) is 0. The number of rotatable bonds is 2. The van der Waals surface area contributed by atoms with Crippen LogP contribution in [-0.2, 0) is 37.9 Å². The highest BCUT2D eigenvalue weighted by atomic mass is 14.5. The third kappa shape index (κ3) is 6.85. The molecule has 39 heavy (non-hydrogen) atoms. The quantitative estimate of drug-likeness (QED) is 0.361. The summed E-state index contributed by atoms with van der Waals surface area (Å²) in [6.07, 6.45) is 0. The Labute approximate surface area is 244 Å². The predicted octanol–water partition coefficient (Wildman–Crippen LogP) is 11.8. The average molecular weight is 533 g/mol. The molecule has 0 aromatic heterocycles. The summed E-state index contributed by atoms with van der Waals surface area (Å²) in [6, 6.07) is 9.98. The summed E-state index contributed by atoms with van der Waals surface area (Å²) in [6.45, 7) is 48.1. The molecular formula is C39H64. The van der Waals surface area contributed by atoms with Gasteiger partial charge >= 0.3 is 0 Å². The lowest BCUT2D eigenvalue weighted by atomic mass is 9.58. The van der Waals surface area contributed by atoms with E-state index in [4.69, 9.17) is 0 Å². The van der Waals surface area contributed by atoms with Crippen LogP contribution in [0, 0.1) is 0 Å². The van der Waals surface area contributed by atoms with Crippen LogP contribution in [0.4, 0.5) is 0 Å². The molecule has 0 bridgehead atoms. The Morgan fingerprint density at radius 1 is 0.308 bits per heavy atom. The molecule has 0 unspecified atom stereocenters. The van der Waals surface area contributed by atoms with Crippen LogP contribution in [0.15, 0.2) is 24.3 Å². The Hall–Kier alpha value is -1.56. The van der Waals surface area contributed by atoms with Gasteiger partial charge in [0, 0.05) is 5.41 Å². The fourth-order valence-electron chi connectivity index (χ4n) is 6.36. The Morgan fingerprint density at radius 3 is 1.03 bits per heavy atom. The van der Waals surface area contributed by atoms with Crippen molar-refractivity contribution >= 4 is 0 Å². The summed E-state index contributed by atoms with van der Waals surface area (Å²) < 4.78 is 0. The fraction of sp³-hybridized carbons (Fsp3) is 0.692. The molecule has 220 valence electrons. The van der Waals surface area contributed by atoms with Crippen molar-refractivity contribution in [3.05, 3.63) is 68.8 Å². The zero-order valence-corrected chi connectivity index (χ0v) is 29.8. The molecule has 0 radical (unpaired) electrons.